The first-order valence-electron chi connectivity index (χ1n) is 9.29. The molecule has 2 aliphatic heterocycles. The highest BCUT2D eigenvalue weighted by atomic mass is 16.2. The third-order valence-corrected chi connectivity index (χ3v) is 6.04. The summed E-state index contributed by atoms with van der Waals surface area (Å²) < 4.78 is 0. The smallest absolute Gasteiger partial charge is 0.315 e. The zero-order chi connectivity index (χ0) is 17.8. The third kappa shape index (κ3) is 2.18. The van der Waals surface area contributed by atoms with Gasteiger partial charge in [-0.2, -0.15) is 0 Å². The molecule has 3 N–H and O–H groups in total. The molecule has 2 atom stereocenters. The number of benzene rings is 1. The summed E-state index contributed by atoms with van der Waals surface area (Å²) in [4.78, 5) is 32.1. The fourth-order valence-corrected chi connectivity index (χ4v) is 4.81. The molecule has 1 aromatic heterocycles. The molecule has 2 aromatic rings. The number of H-pyrrole nitrogens is 1. The summed E-state index contributed by atoms with van der Waals surface area (Å²) >= 11 is 0. The topological polar surface area (TPSA) is 82.4 Å². The molecular formula is C20H22N4O2. The van der Waals surface area contributed by atoms with E-state index < -0.39 is 6.03 Å². The number of aromatic nitrogens is 1. The van der Waals surface area contributed by atoms with E-state index in [1.807, 2.05) is 17.2 Å². The van der Waals surface area contributed by atoms with Gasteiger partial charge in [0.15, 0.2) is 0 Å². The molecule has 6 nitrogen and oxygen atoms in total. The Balaban J connectivity index is 1.62. The molecule has 0 saturated carbocycles. The van der Waals surface area contributed by atoms with Crippen molar-refractivity contribution in [2.24, 2.45) is 11.7 Å². The van der Waals surface area contributed by atoms with Crippen molar-refractivity contribution in [2.75, 3.05) is 19.6 Å². The molecule has 1 unspecified atom stereocenters. The van der Waals surface area contributed by atoms with E-state index in [2.05, 4.69) is 23.2 Å². The van der Waals surface area contributed by atoms with E-state index >= 15 is 0 Å². The van der Waals surface area contributed by atoms with Crippen molar-refractivity contribution in [2.45, 2.75) is 25.3 Å². The van der Waals surface area contributed by atoms with Gasteiger partial charge >= 0.3 is 6.03 Å². The predicted molar refractivity (Wildman–Crippen MR) is 99.4 cm³/mol. The number of urea groups is 1. The van der Waals surface area contributed by atoms with Gasteiger partial charge in [-0.25, -0.2) is 4.79 Å². The Morgan fingerprint density at radius 3 is 2.77 bits per heavy atom. The van der Waals surface area contributed by atoms with Gasteiger partial charge in [0.05, 0.1) is 12.0 Å². The number of carbonyl (C=O) groups excluding carboxylic acids is 2. The number of amides is 3. The summed E-state index contributed by atoms with van der Waals surface area (Å²) in [6.45, 7) is 2.00. The van der Waals surface area contributed by atoms with Crippen molar-refractivity contribution in [1.29, 1.82) is 0 Å². The molecule has 1 aliphatic carbocycles. The van der Waals surface area contributed by atoms with Crippen molar-refractivity contribution in [3.05, 3.63) is 41.6 Å². The van der Waals surface area contributed by atoms with Crippen LogP contribution in [0, 0.1) is 5.92 Å². The standard InChI is InChI=1S/C20H22N4O2/c21-20(26)24-11-13(19(25)23-6-1-2-7-23)8-15-14-4-3-5-16-18(14)12(10-22-16)9-17(15)24/h3-5,8,10,13,17,22H,1-2,6-7,9,11H2,(H2,21,26)/t13?,17-/m1/s1. The second-order valence-corrected chi connectivity index (χ2v) is 7.51. The molecular weight excluding hydrogens is 328 g/mol. The van der Waals surface area contributed by atoms with E-state index in [4.69, 9.17) is 5.73 Å². The molecule has 1 aromatic carbocycles. The van der Waals surface area contributed by atoms with Gasteiger partial charge in [-0.3, -0.25) is 4.79 Å². The number of carbonyl (C=O) groups is 2. The van der Waals surface area contributed by atoms with Crippen molar-refractivity contribution in [3.8, 4) is 0 Å². The minimum Gasteiger partial charge on any atom is -0.361 e. The summed E-state index contributed by atoms with van der Waals surface area (Å²) in [6, 6.07) is 5.61. The molecule has 1 fully saturated rings. The molecule has 3 aliphatic rings. The Kier molecular flexibility index (Phi) is 3.35. The summed E-state index contributed by atoms with van der Waals surface area (Å²) in [6.07, 6.45) is 6.96. The average molecular weight is 350 g/mol. The lowest BCUT2D eigenvalue weighted by molar-refractivity contribution is -0.133. The maximum absolute atomic E-state index is 13.0. The molecule has 5 rings (SSSR count). The molecule has 0 radical (unpaired) electrons. The molecule has 3 amide bonds. The molecule has 134 valence electrons. The number of likely N-dealkylation sites (tertiary alicyclic amines) is 1. The van der Waals surface area contributed by atoms with Gasteiger partial charge in [-0.1, -0.05) is 18.2 Å². The average Bonchev–Trinajstić information content (AvgIpc) is 3.31. The van der Waals surface area contributed by atoms with Gasteiger partial charge in [0.2, 0.25) is 5.91 Å². The Bertz CT molecular complexity index is 938. The van der Waals surface area contributed by atoms with Crippen molar-refractivity contribution in [3.63, 3.8) is 0 Å². The normalized spacial score (nSPS) is 24.5. The van der Waals surface area contributed by atoms with Crippen LogP contribution in [0.4, 0.5) is 4.79 Å². The number of aromatic amines is 1. The minimum atomic E-state index is -0.453. The Morgan fingerprint density at radius 2 is 2.00 bits per heavy atom. The Morgan fingerprint density at radius 1 is 1.19 bits per heavy atom. The van der Waals surface area contributed by atoms with Crippen LogP contribution in [0.1, 0.15) is 24.0 Å². The summed E-state index contributed by atoms with van der Waals surface area (Å²) in [5.41, 5.74) is 10.2. The van der Waals surface area contributed by atoms with Crippen LogP contribution in [-0.4, -0.2) is 52.4 Å². The largest absolute Gasteiger partial charge is 0.361 e. The number of fused-ring (bicyclic) bond motifs is 2. The molecule has 0 bridgehead atoms. The number of rotatable bonds is 1. The number of nitrogens with two attached hydrogens (primary N) is 1. The van der Waals surface area contributed by atoms with Crippen molar-refractivity contribution >= 4 is 28.4 Å². The molecule has 6 heteroatoms. The van der Waals surface area contributed by atoms with Gasteiger partial charge in [-0.15, -0.1) is 0 Å². The van der Waals surface area contributed by atoms with E-state index in [-0.39, 0.29) is 17.9 Å². The first-order chi connectivity index (χ1) is 12.6. The lowest BCUT2D eigenvalue weighted by atomic mass is 9.79. The fourth-order valence-electron chi connectivity index (χ4n) is 4.81. The SMILES string of the molecule is NC(=O)N1CC(C(=O)N2CCCC2)C=C2c3cccc4[nH]cc(c34)C[C@H]21. The van der Waals surface area contributed by atoms with Gasteiger partial charge in [-0.05, 0) is 42.0 Å². The first-order valence-corrected chi connectivity index (χ1v) is 9.29. The number of hydrogen-bond donors (Lipinski definition) is 2. The predicted octanol–water partition coefficient (Wildman–Crippen LogP) is 2.11. The van der Waals surface area contributed by atoms with Crippen LogP contribution in [0.2, 0.25) is 0 Å². The summed E-state index contributed by atoms with van der Waals surface area (Å²) in [7, 11) is 0. The summed E-state index contributed by atoms with van der Waals surface area (Å²) in [5, 5.41) is 1.20. The monoisotopic (exact) mass is 350 g/mol. The van der Waals surface area contributed by atoms with Crippen LogP contribution in [0.5, 0.6) is 0 Å². The van der Waals surface area contributed by atoms with Gasteiger partial charge < -0.3 is 20.5 Å². The number of nitrogens with one attached hydrogen (secondary N) is 1. The van der Waals surface area contributed by atoms with E-state index in [0.717, 1.165) is 49.0 Å². The highest BCUT2D eigenvalue weighted by molar-refractivity contribution is 6.00. The lowest BCUT2D eigenvalue weighted by Crippen LogP contribution is -2.53. The first kappa shape index (κ1) is 15.5. The van der Waals surface area contributed by atoms with Crippen LogP contribution in [-0.2, 0) is 11.2 Å². The second-order valence-electron chi connectivity index (χ2n) is 7.51. The quantitative estimate of drug-likeness (QED) is 0.826. The van der Waals surface area contributed by atoms with E-state index in [0.29, 0.717) is 6.54 Å². The van der Waals surface area contributed by atoms with Gasteiger partial charge in [0.25, 0.3) is 0 Å². The molecule has 26 heavy (non-hydrogen) atoms. The number of nitrogens with zero attached hydrogens (tertiary/aromatic N) is 2. The van der Waals surface area contributed by atoms with Crippen LogP contribution < -0.4 is 5.73 Å². The van der Waals surface area contributed by atoms with E-state index in [1.165, 1.54) is 10.9 Å². The zero-order valence-electron chi connectivity index (χ0n) is 14.6. The number of hydrogen-bond acceptors (Lipinski definition) is 2. The van der Waals surface area contributed by atoms with Crippen LogP contribution in [0.15, 0.2) is 30.5 Å². The third-order valence-electron chi connectivity index (χ3n) is 6.04. The van der Waals surface area contributed by atoms with Crippen molar-refractivity contribution < 1.29 is 9.59 Å². The Hall–Kier alpha value is -2.76. The van der Waals surface area contributed by atoms with Crippen molar-refractivity contribution in [1.82, 2.24) is 14.8 Å². The van der Waals surface area contributed by atoms with Crippen LogP contribution in [0.3, 0.4) is 0 Å². The lowest BCUT2D eigenvalue weighted by Gasteiger charge is -2.41. The fraction of sp³-hybridized carbons (Fsp3) is 0.400. The van der Waals surface area contributed by atoms with Crippen LogP contribution in [0.25, 0.3) is 16.5 Å². The van der Waals surface area contributed by atoms with E-state index in [1.54, 1.807) is 4.90 Å². The number of primary amides is 1. The highest BCUT2D eigenvalue weighted by Crippen LogP contribution is 2.41. The molecule has 1 saturated heterocycles. The second kappa shape index (κ2) is 5.62. The maximum Gasteiger partial charge on any atom is 0.315 e. The van der Waals surface area contributed by atoms with Gasteiger partial charge in [0, 0.05) is 36.7 Å². The van der Waals surface area contributed by atoms with E-state index in [9.17, 15) is 9.59 Å². The minimum absolute atomic E-state index is 0.0935. The van der Waals surface area contributed by atoms with Crippen LogP contribution >= 0.6 is 0 Å². The zero-order valence-corrected chi connectivity index (χ0v) is 14.6. The maximum atomic E-state index is 13.0. The highest BCUT2D eigenvalue weighted by Gasteiger charge is 2.40. The summed E-state index contributed by atoms with van der Waals surface area (Å²) in [5.74, 6) is -0.200. The molecule has 3 heterocycles. The molecule has 0 spiro atoms. The van der Waals surface area contributed by atoms with Gasteiger partial charge in [0.1, 0.15) is 0 Å². The Labute approximate surface area is 151 Å².